The van der Waals surface area contributed by atoms with Gasteiger partial charge in [0.1, 0.15) is 5.60 Å². The van der Waals surface area contributed by atoms with Crippen molar-refractivity contribution in [2.24, 2.45) is 5.92 Å². The second kappa shape index (κ2) is 8.60. The number of benzene rings is 2. The van der Waals surface area contributed by atoms with Crippen LogP contribution in [0.15, 0.2) is 48.5 Å². The molecular formula is C24H31NO2. The standard InChI is InChI=1S/C24H31NO2/c1-24(2,3)27-23(26)20-15-14-19(16-18-10-6-4-7-11-18)22(17-20)25-21-12-8-5-9-13-21/h5,8-9,12-15,17-18,25H,4,6-7,10-11,16H2,1-3H3. The van der Waals surface area contributed by atoms with Crippen LogP contribution in [0.4, 0.5) is 11.4 Å². The zero-order valence-electron chi connectivity index (χ0n) is 16.8. The summed E-state index contributed by atoms with van der Waals surface area (Å²) in [5, 5.41) is 3.51. The van der Waals surface area contributed by atoms with Crippen LogP contribution in [-0.4, -0.2) is 11.6 Å². The average Bonchev–Trinajstić information content (AvgIpc) is 2.63. The summed E-state index contributed by atoms with van der Waals surface area (Å²) in [4.78, 5) is 12.5. The highest BCUT2D eigenvalue weighted by atomic mass is 16.6. The summed E-state index contributed by atoms with van der Waals surface area (Å²) >= 11 is 0. The molecule has 0 heterocycles. The van der Waals surface area contributed by atoms with Crippen molar-refractivity contribution in [1.82, 2.24) is 0 Å². The minimum Gasteiger partial charge on any atom is -0.456 e. The Labute approximate surface area is 163 Å². The fourth-order valence-electron chi connectivity index (χ4n) is 3.71. The summed E-state index contributed by atoms with van der Waals surface area (Å²) in [6.45, 7) is 5.68. The lowest BCUT2D eigenvalue weighted by atomic mass is 9.84. The van der Waals surface area contributed by atoms with Gasteiger partial charge in [-0.2, -0.15) is 0 Å². The molecule has 0 bridgehead atoms. The molecule has 1 aliphatic rings. The quantitative estimate of drug-likeness (QED) is 0.614. The Morgan fingerprint density at radius 2 is 1.74 bits per heavy atom. The van der Waals surface area contributed by atoms with Crippen molar-refractivity contribution in [2.45, 2.75) is 64.9 Å². The Balaban J connectivity index is 1.85. The van der Waals surface area contributed by atoms with E-state index in [0.717, 1.165) is 23.7 Å². The van der Waals surface area contributed by atoms with Gasteiger partial charge in [0.05, 0.1) is 5.56 Å². The normalized spacial score (nSPS) is 15.4. The molecule has 2 aromatic carbocycles. The highest BCUT2D eigenvalue weighted by Gasteiger charge is 2.20. The number of ether oxygens (including phenoxy) is 1. The zero-order chi connectivity index (χ0) is 19.3. The number of hydrogen-bond donors (Lipinski definition) is 1. The van der Waals surface area contributed by atoms with E-state index >= 15 is 0 Å². The third-order valence-electron chi connectivity index (χ3n) is 5.03. The van der Waals surface area contributed by atoms with Crippen molar-refractivity contribution in [3.05, 3.63) is 59.7 Å². The third-order valence-corrected chi connectivity index (χ3v) is 5.03. The Kier molecular flexibility index (Phi) is 6.20. The van der Waals surface area contributed by atoms with Crippen molar-refractivity contribution in [2.75, 3.05) is 5.32 Å². The number of carbonyl (C=O) groups is 1. The molecule has 0 radical (unpaired) electrons. The van der Waals surface area contributed by atoms with Gasteiger partial charge >= 0.3 is 5.97 Å². The highest BCUT2D eigenvalue weighted by Crippen LogP contribution is 2.31. The SMILES string of the molecule is CC(C)(C)OC(=O)c1ccc(CC2CCCCC2)c(Nc2ccccc2)c1. The van der Waals surface area contributed by atoms with Gasteiger partial charge in [0.25, 0.3) is 0 Å². The number of esters is 1. The van der Waals surface area contributed by atoms with E-state index in [1.54, 1.807) is 0 Å². The first-order valence-corrected chi connectivity index (χ1v) is 10.1. The van der Waals surface area contributed by atoms with Crippen molar-refractivity contribution >= 4 is 17.3 Å². The van der Waals surface area contributed by atoms with E-state index in [-0.39, 0.29) is 5.97 Å². The maximum atomic E-state index is 12.5. The molecule has 0 amide bonds. The largest absolute Gasteiger partial charge is 0.456 e. The number of nitrogens with one attached hydrogen (secondary N) is 1. The molecule has 1 fully saturated rings. The molecule has 3 heteroatoms. The first-order chi connectivity index (χ1) is 12.9. The van der Waals surface area contributed by atoms with Gasteiger partial charge in [0.15, 0.2) is 0 Å². The van der Waals surface area contributed by atoms with Crippen molar-refractivity contribution in [3.63, 3.8) is 0 Å². The summed E-state index contributed by atoms with van der Waals surface area (Å²) in [6, 6.07) is 16.1. The number of hydrogen-bond acceptors (Lipinski definition) is 3. The summed E-state index contributed by atoms with van der Waals surface area (Å²) in [6.07, 6.45) is 7.70. The highest BCUT2D eigenvalue weighted by molar-refractivity contribution is 5.91. The molecule has 3 rings (SSSR count). The molecule has 27 heavy (non-hydrogen) atoms. The molecule has 0 aliphatic heterocycles. The Morgan fingerprint density at radius 1 is 1.04 bits per heavy atom. The van der Waals surface area contributed by atoms with Gasteiger partial charge < -0.3 is 10.1 Å². The van der Waals surface area contributed by atoms with Gasteiger partial charge in [-0.15, -0.1) is 0 Å². The number of para-hydroxylation sites is 1. The van der Waals surface area contributed by atoms with Crippen molar-refractivity contribution in [3.8, 4) is 0 Å². The molecule has 1 aliphatic carbocycles. The molecule has 0 unspecified atom stereocenters. The van der Waals surface area contributed by atoms with E-state index < -0.39 is 5.60 Å². The summed E-state index contributed by atoms with van der Waals surface area (Å²) in [5.41, 5.74) is 3.41. The lowest BCUT2D eigenvalue weighted by molar-refractivity contribution is 0.00696. The number of rotatable bonds is 5. The van der Waals surface area contributed by atoms with E-state index in [0.29, 0.717) is 5.56 Å². The predicted octanol–water partition coefficient (Wildman–Crippen LogP) is 6.51. The average molecular weight is 366 g/mol. The van der Waals surface area contributed by atoms with Gasteiger partial charge in [0, 0.05) is 11.4 Å². The van der Waals surface area contributed by atoms with Crippen molar-refractivity contribution < 1.29 is 9.53 Å². The molecular weight excluding hydrogens is 334 g/mol. The Bertz CT molecular complexity index is 756. The fourth-order valence-corrected chi connectivity index (χ4v) is 3.71. The van der Waals surface area contributed by atoms with Crippen LogP contribution in [0.5, 0.6) is 0 Å². The molecule has 144 valence electrons. The molecule has 0 atom stereocenters. The van der Waals surface area contributed by atoms with Crippen LogP contribution in [0, 0.1) is 5.92 Å². The lowest BCUT2D eigenvalue weighted by Gasteiger charge is -2.24. The Morgan fingerprint density at radius 3 is 2.41 bits per heavy atom. The van der Waals surface area contributed by atoms with Crippen LogP contribution in [0.3, 0.4) is 0 Å². The summed E-state index contributed by atoms with van der Waals surface area (Å²) in [7, 11) is 0. The third kappa shape index (κ3) is 5.85. The van der Waals surface area contributed by atoms with Crippen LogP contribution in [-0.2, 0) is 11.2 Å². The van der Waals surface area contributed by atoms with E-state index in [2.05, 4.69) is 11.4 Å². The summed E-state index contributed by atoms with van der Waals surface area (Å²) in [5.74, 6) is 0.463. The van der Waals surface area contributed by atoms with Crippen LogP contribution in [0.1, 0.15) is 68.8 Å². The van der Waals surface area contributed by atoms with Gasteiger partial charge in [-0.05, 0) is 62.9 Å². The molecule has 1 N–H and O–H groups in total. The van der Waals surface area contributed by atoms with Crippen molar-refractivity contribution in [1.29, 1.82) is 0 Å². The summed E-state index contributed by atoms with van der Waals surface area (Å²) < 4.78 is 5.55. The second-order valence-corrected chi connectivity index (χ2v) is 8.57. The minimum absolute atomic E-state index is 0.275. The smallest absolute Gasteiger partial charge is 0.338 e. The van der Waals surface area contributed by atoms with Gasteiger partial charge in [-0.25, -0.2) is 4.79 Å². The van der Waals surface area contributed by atoms with E-state index in [4.69, 9.17) is 4.74 Å². The van der Waals surface area contributed by atoms with E-state index in [1.807, 2.05) is 63.2 Å². The molecule has 0 aromatic heterocycles. The van der Waals surface area contributed by atoms with Gasteiger partial charge in [0.2, 0.25) is 0 Å². The minimum atomic E-state index is -0.495. The first kappa shape index (κ1) is 19.5. The second-order valence-electron chi connectivity index (χ2n) is 8.57. The maximum Gasteiger partial charge on any atom is 0.338 e. The molecule has 0 spiro atoms. The molecule has 3 nitrogen and oxygen atoms in total. The zero-order valence-corrected chi connectivity index (χ0v) is 16.8. The van der Waals surface area contributed by atoms with Gasteiger partial charge in [-0.1, -0.05) is 56.4 Å². The lowest BCUT2D eigenvalue weighted by Crippen LogP contribution is -2.24. The molecule has 0 saturated heterocycles. The van der Waals surface area contributed by atoms with Crippen LogP contribution in [0.25, 0.3) is 0 Å². The first-order valence-electron chi connectivity index (χ1n) is 10.1. The van der Waals surface area contributed by atoms with E-state index in [9.17, 15) is 4.79 Å². The van der Waals surface area contributed by atoms with Crippen LogP contribution in [0.2, 0.25) is 0 Å². The molecule has 1 saturated carbocycles. The fraction of sp³-hybridized carbons (Fsp3) is 0.458. The predicted molar refractivity (Wildman–Crippen MR) is 112 cm³/mol. The number of carbonyl (C=O) groups excluding carboxylic acids is 1. The number of anilines is 2. The van der Waals surface area contributed by atoms with Crippen LogP contribution < -0.4 is 5.32 Å². The van der Waals surface area contributed by atoms with Gasteiger partial charge in [-0.3, -0.25) is 0 Å². The Hall–Kier alpha value is -2.29. The van der Waals surface area contributed by atoms with Crippen LogP contribution >= 0.6 is 0 Å². The maximum absolute atomic E-state index is 12.5. The monoisotopic (exact) mass is 365 g/mol. The molecule has 2 aromatic rings. The van der Waals surface area contributed by atoms with E-state index in [1.165, 1.54) is 37.7 Å². The topological polar surface area (TPSA) is 38.3 Å².